The van der Waals surface area contributed by atoms with E-state index in [1.54, 1.807) is 23.1 Å². The number of halogens is 1. The van der Waals surface area contributed by atoms with E-state index in [-0.39, 0.29) is 12.3 Å². The molecule has 1 amide bonds. The monoisotopic (exact) mass is 439 g/mol. The van der Waals surface area contributed by atoms with E-state index >= 15 is 0 Å². The van der Waals surface area contributed by atoms with Gasteiger partial charge in [0, 0.05) is 27.0 Å². The highest BCUT2D eigenvalue weighted by molar-refractivity contribution is 6.32. The molecule has 31 heavy (non-hydrogen) atoms. The van der Waals surface area contributed by atoms with Crippen LogP contribution in [-0.4, -0.2) is 30.2 Å². The third-order valence-corrected chi connectivity index (χ3v) is 5.61. The van der Waals surface area contributed by atoms with Gasteiger partial charge in [0.2, 0.25) is 0 Å². The average Bonchev–Trinajstić information content (AvgIpc) is 3.09. The number of rotatable bonds is 7. The lowest BCUT2D eigenvalue weighted by atomic mass is 9.99. The van der Waals surface area contributed by atoms with Gasteiger partial charge in [0.15, 0.2) is 0 Å². The van der Waals surface area contributed by atoms with Gasteiger partial charge in [-0.1, -0.05) is 41.9 Å². The Balaban J connectivity index is 1.85. The molecule has 0 saturated heterocycles. The van der Waals surface area contributed by atoms with Crippen molar-refractivity contribution >= 4 is 39.9 Å². The van der Waals surface area contributed by atoms with E-state index < -0.39 is 5.97 Å². The van der Waals surface area contributed by atoms with Gasteiger partial charge in [-0.2, -0.15) is 0 Å². The van der Waals surface area contributed by atoms with Gasteiger partial charge in [0.05, 0.1) is 31.7 Å². The number of carboxylic acid groups (broad SMARTS) is 1. The summed E-state index contributed by atoms with van der Waals surface area (Å²) in [6.45, 7) is 4.99. The number of aliphatic carboxylic acids is 1. The molecule has 160 valence electrons. The molecule has 1 aliphatic heterocycles. The molecule has 0 spiro atoms. The van der Waals surface area contributed by atoms with Crippen LogP contribution in [0.1, 0.15) is 35.3 Å². The zero-order valence-electron chi connectivity index (χ0n) is 17.3. The fourth-order valence-corrected chi connectivity index (χ4v) is 4.23. The number of carbonyl (C=O) groups excluding carboxylic acids is 1. The van der Waals surface area contributed by atoms with Crippen LogP contribution in [0.4, 0.5) is 5.69 Å². The molecule has 0 radical (unpaired) electrons. The second-order valence-corrected chi connectivity index (χ2v) is 7.57. The number of hydrogen-bond donors (Lipinski definition) is 1. The maximum absolute atomic E-state index is 13.5. The van der Waals surface area contributed by atoms with Crippen molar-refractivity contribution in [2.24, 2.45) is 0 Å². The predicted molar refractivity (Wildman–Crippen MR) is 120 cm³/mol. The second-order valence-electron chi connectivity index (χ2n) is 7.16. The first kappa shape index (κ1) is 21.0. The van der Waals surface area contributed by atoms with Gasteiger partial charge in [-0.25, -0.2) is 0 Å². The summed E-state index contributed by atoms with van der Waals surface area (Å²) in [6, 6.07) is 12.7. The second kappa shape index (κ2) is 8.47. The molecule has 1 N–H and O–H groups in total. The molecule has 0 fully saturated rings. The third kappa shape index (κ3) is 3.68. The summed E-state index contributed by atoms with van der Waals surface area (Å²) in [6.07, 6.45) is -0.179. The molecular formula is C24H22ClNO5. The number of carboxylic acids is 1. The van der Waals surface area contributed by atoms with E-state index in [1.807, 2.05) is 38.1 Å². The molecule has 4 rings (SSSR count). The van der Waals surface area contributed by atoms with Gasteiger partial charge in [-0.15, -0.1) is 0 Å². The van der Waals surface area contributed by atoms with Gasteiger partial charge >= 0.3 is 5.97 Å². The van der Waals surface area contributed by atoms with Crippen molar-refractivity contribution in [3.63, 3.8) is 0 Å². The smallest absolute Gasteiger partial charge is 0.307 e. The van der Waals surface area contributed by atoms with Crippen LogP contribution >= 0.6 is 11.6 Å². The third-order valence-electron chi connectivity index (χ3n) is 5.26. The van der Waals surface area contributed by atoms with Crippen LogP contribution in [0, 0.1) is 0 Å². The Labute approximate surface area is 184 Å². The maximum Gasteiger partial charge on any atom is 0.307 e. The molecular weight excluding hydrogens is 418 g/mol. The molecule has 0 aromatic heterocycles. The van der Waals surface area contributed by atoms with Crippen molar-refractivity contribution in [2.45, 2.75) is 26.8 Å². The number of nitrogens with zero attached hydrogens (tertiary/aromatic N) is 1. The minimum absolute atomic E-state index is 0.179. The summed E-state index contributed by atoms with van der Waals surface area (Å²) in [5.74, 6) is 0.0690. The fourth-order valence-electron chi connectivity index (χ4n) is 3.99. The summed E-state index contributed by atoms with van der Waals surface area (Å²) in [5, 5.41) is 11.1. The van der Waals surface area contributed by atoms with Crippen molar-refractivity contribution < 1.29 is 24.2 Å². The van der Waals surface area contributed by atoms with E-state index in [0.717, 1.165) is 16.3 Å². The first-order chi connectivity index (χ1) is 15.0. The van der Waals surface area contributed by atoms with Crippen molar-refractivity contribution in [2.75, 3.05) is 18.1 Å². The molecule has 0 aliphatic carbocycles. The summed E-state index contributed by atoms with van der Waals surface area (Å²) in [5.41, 5.74) is 2.36. The zero-order chi connectivity index (χ0) is 22.1. The molecule has 0 atom stereocenters. The van der Waals surface area contributed by atoms with Crippen molar-refractivity contribution in [1.29, 1.82) is 0 Å². The number of anilines is 1. The van der Waals surface area contributed by atoms with Crippen molar-refractivity contribution in [3.05, 3.63) is 64.2 Å². The lowest BCUT2D eigenvalue weighted by Gasteiger charge is -2.17. The molecule has 1 heterocycles. The fraction of sp³-hybridized carbons (Fsp3) is 0.250. The molecule has 0 bridgehead atoms. The first-order valence-corrected chi connectivity index (χ1v) is 10.5. The largest absolute Gasteiger partial charge is 0.493 e. The standard InChI is InChI=1S/C24H22ClNO5/c1-3-30-22-16-7-5-6-8-17(16)23(31-4-2)21-18(22)13-26(24(21)29)15-10-9-14(11-20(27)28)19(25)12-15/h5-10,12H,3-4,11,13H2,1-2H3,(H,27,28). The Kier molecular flexibility index (Phi) is 5.74. The Morgan fingerprint density at radius 1 is 1.06 bits per heavy atom. The minimum Gasteiger partial charge on any atom is -0.493 e. The van der Waals surface area contributed by atoms with E-state index in [2.05, 4.69) is 0 Å². The summed E-state index contributed by atoms with van der Waals surface area (Å²) >= 11 is 6.31. The molecule has 7 heteroatoms. The highest BCUT2D eigenvalue weighted by Crippen LogP contribution is 2.46. The lowest BCUT2D eigenvalue weighted by Crippen LogP contribution is -2.23. The van der Waals surface area contributed by atoms with Gasteiger partial charge in [0.1, 0.15) is 11.5 Å². The Bertz CT molecular complexity index is 1190. The molecule has 0 unspecified atom stereocenters. The Morgan fingerprint density at radius 2 is 1.71 bits per heavy atom. The van der Waals surface area contributed by atoms with E-state index in [9.17, 15) is 9.59 Å². The van der Waals surface area contributed by atoms with Crippen molar-refractivity contribution in [1.82, 2.24) is 0 Å². The normalized spacial score (nSPS) is 12.9. The number of hydrogen-bond acceptors (Lipinski definition) is 4. The van der Waals surface area contributed by atoms with Crippen LogP contribution in [0.15, 0.2) is 42.5 Å². The number of ether oxygens (including phenoxy) is 2. The van der Waals surface area contributed by atoms with Crippen LogP contribution < -0.4 is 14.4 Å². The summed E-state index contributed by atoms with van der Waals surface area (Å²) in [4.78, 5) is 26.2. The Morgan fingerprint density at radius 3 is 2.32 bits per heavy atom. The van der Waals surface area contributed by atoms with Crippen LogP contribution in [0.25, 0.3) is 10.8 Å². The molecule has 3 aromatic carbocycles. The highest BCUT2D eigenvalue weighted by atomic mass is 35.5. The molecule has 1 aliphatic rings. The van der Waals surface area contributed by atoms with Crippen LogP contribution in [0.3, 0.4) is 0 Å². The van der Waals surface area contributed by atoms with Crippen LogP contribution in [-0.2, 0) is 17.8 Å². The number of fused-ring (bicyclic) bond motifs is 2. The number of benzene rings is 3. The molecule has 0 saturated carbocycles. The summed E-state index contributed by atoms with van der Waals surface area (Å²) < 4.78 is 11.9. The van der Waals surface area contributed by atoms with Gasteiger partial charge in [-0.05, 0) is 31.5 Å². The van der Waals surface area contributed by atoms with E-state index in [4.69, 9.17) is 26.2 Å². The average molecular weight is 440 g/mol. The van der Waals surface area contributed by atoms with Gasteiger partial charge in [0.25, 0.3) is 5.91 Å². The van der Waals surface area contributed by atoms with Crippen LogP contribution in [0.5, 0.6) is 11.5 Å². The van der Waals surface area contributed by atoms with Gasteiger partial charge < -0.3 is 19.5 Å². The Hall–Kier alpha value is -3.25. The number of carbonyl (C=O) groups is 2. The molecule has 6 nitrogen and oxygen atoms in total. The van der Waals surface area contributed by atoms with Crippen molar-refractivity contribution in [3.8, 4) is 11.5 Å². The first-order valence-electron chi connectivity index (χ1n) is 10.1. The molecule has 3 aromatic rings. The zero-order valence-corrected chi connectivity index (χ0v) is 18.0. The quantitative estimate of drug-likeness (QED) is 0.555. The van der Waals surface area contributed by atoms with E-state index in [1.165, 1.54) is 0 Å². The topological polar surface area (TPSA) is 76.1 Å². The summed E-state index contributed by atoms with van der Waals surface area (Å²) in [7, 11) is 0. The minimum atomic E-state index is -0.964. The van der Waals surface area contributed by atoms with Gasteiger partial charge in [-0.3, -0.25) is 9.59 Å². The number of amides is 1. The maximum atomic E-state index is 13.5. The van der Waals surface area contributed by atoms with Crippen LogP contribution in [0.2, 0.25) is 5.02 Å². The highest BCUT2D eigenvalue weighted by Gasteiger charge is 2.36. The lowest BCUT2D eigenvalue weighted by molar-refractivity contribution is -0.136. The van der Waals surface area contributed by atoms with E-state index in [0.29, 0.717) is 53.1 Å². The SMILES string of the molecule is CCOc1c2c(c(OCC)c3ccccc13)C(=O)N(c1ccc(CC(=O)O)c(Cl)c1)C2. The predicted octanol–water partition coefficient (Wildman–Crippen LogP) is 5.08.